The summed E-state index contributed by atoms with van der Waals surface area (Å²) in [5.41, 5.74) is 1.20. The lowest BCUT2D eigenvalue weighted by atomic mass is 9.57. The van der Waals surface area contributed by atoms with Gasteiger partial charge in [-0.05, 0) is 170 Å². The first-order chi connectivity index (χ1) is 29.9. The Morgan fingerprint density at radius 2 is 0.869 bits per heavy atom. The van der Waals surface area contributed by atoms with Gasteiger partial charge in [0, 0.05) is 6.04 Å². The van der Waals surface area contributed by atoms with Crippen molar-refractivity contribution in [3.05, 3.63) is 48.6 Å². The fourth-order valence-corrected chi connectivity index (χ4v) is 11.4. The maximum Gasteiger partial charge on any atom is 0.00981 e. The van der Waals surface area contributed by atoms with E-state index in [0.717, 1.165) is 36.6 Å². The Balaban J connectivity index is 1.81. The minimum Gasteiger partial charge on any atom is -0.314 e. The van der Waals surface area contributed by atoms with Gasteiger partial charge in [0.25, 0.3) is 0 Å². The summed E-state index contributed by atoms with van der Waals surface area (Å²) in [5, 5.41) is 4.13. The van der Waals surface area contributed by atoms with Crippen molar-refractivity contribution in [1.82, 2.24) is 5.32 Å². The van der Waals surface area contributed by atoms with E-state index in [0.29, 0.717) is 10.8 Å². The normalized spacial score (nSPS) is 21.9. The molecule has 356 valence electrons. The number of rotatable bonds is 40. The molecule has 61 heavy (non-hydrogen) atoms. The minimum atomic E-state index is 0.560. The van der Waals surface area contributed by atoms with Gasteiger partial charge in [0.2, 0.25) is 0 Å². The zero-order chi connectivity index (χ0) is 44.0. The molecule has 2 aliphatic rings. The number of unbranched alkanes of at least 4 members (excludes halogenated alkanes) is 21. The van der Waals surface area contributed by atoms with E-state index >= 15 is 0 Å². The average molecular weight is 847 g/mol. The van der Waals surface area contributed by atoms with Gasteiger partial charge in [-0.3, -0.25) is 0 Å². The molecule has 0 aromatic rings. The van der Waals surface area contributed by atoms with Crippen LogP contribution in [0, 0.1) is 28.6 Å². The zero-order valence-electron chi connectivity index (χ0n) is 42.7. The quantitative estimate of drug-likeness (QED) is 0.0479. The molecule has 4 atom stereocenters. The Morgan fingerprint density at radius 3 is 1.34 bits per heavy atom. The molecule has 2 saturated carbocycles. The van der Waals surface area contributed by atoms with Crippen LogP contribution in [0.25, 0.3) is 0 Å². The molecule has 0 heterocycles. The summed E-state index contributed by atoms with van der Waals surface area (Å²) >= 11 is 0. The fraction of sp³-hybridized carbons (Fsp3) is 0.867. The largest absolute Gasteiger partial charge is 0.314 e. The Bertz CT molecular complexity index is 1020. The van der Waals surface area contributed by atoms with E-state index in [1.54, 1.807) is 0 Å². The maximum atomic E-state index is 4.13. The lowest BCUT2D eigenvalue weighted by Gasteiger charge is -2.49. The van der Waals surface area contributed by atoms with Gasteiger partial charge in [-0.1, -0.05) is 206 Å². The molecule has 2 fully saturated rings. The third kappa shape index (κ3) is 28.4. The van der Waals surface area contributed by atoms with Gasteiger partial charge >= 0.3 is 0 Å². The van der Waals surface area contributed by atoms with E-state index in [2.05, 4.69) is 95.5 Å². The third-order valence-corrected chi connectivity index (χ3v) is 15.8. The van der Waals surface area contributed by atoms with Crippen LogP contribution in [0.3, 0.4) is 0 Å². The molecule has 0 aliphatic heterocycles. The molecule has 0 amide bonds. The molecule has 3 unspecified atom stereocenters. The summed E-state index contributed by atoms with van der Waals surface area (Å²) < 4.78 is 0. The second-order valence-corrected chi connectivity index (χ2v) is 21.6. The Labute approximate surface area is 385 Å². The van der Waals surface area contributed by atoms with Crippen molar-refractivity contribution in [2.24, 2.45) is 28.6 Å². The van der Waals surface area contributed by atoms with Crippen LogP contribution in [0.5, 0.6) is 0 Å². The van der Waals surface area contributed by atoms with Crippen molar-refractivity contribution in [3.63, 3.8) is 0 Å². The lowest BCUT2D eigenvalue weighted by Crippen LogP contribution is -2.45. The number of hydrogen-bond acceptors (Lipinski definition) is 1. The van der Waals surface area contributed by atoms with E-state index in [-0.39, 0.29) is 0 Å². The second-order valence-electron chi connectivity index (χ2n) is 21.6. The van der Waals surface area contributed by atoms with E-state index in [1.165, 1.54) is 244 Å². The highest BCUT2D eigenvalue weighted by Crippen LogP contribution is 2.54. The molecular formula is C60H111N. The molecule has 1 N–H and O–H groups in total. The molecular weight excluding hydrogens is 735 g/mol. The number of nitrogens with one attached hydrogen (secondary N) is 1. The summed E-state index contributed by atoms with van der Waals surface area (Å²) in [5.74, 6) is 2.72. The molecule has 0 aromatic heterocycles. The van der Waals surface area contributed by atoms with Crippen LogP contribution in [-0.4, -0.2) is 12.6 Å². The van der Waals surface area contributed by atoms with Gasteiger partial charge in [-0.25, -0.2) is 0 Å². The smallest absolute Gasteiger partial charge is 0.00981 e. The monoisotopic (exact) mass is 846 g/mol. The Hall–Kier alpha value is -1.08. The van der Waals surface area contributed by atoms with Crippen molar-refractivity contribution >= 4 is 0 Å². The molecule has 1 heteroatoms. The van der Waals surface area contributed by atoms with Crippen molar-refractivity contribution < 1.29 is 0 Å². The molecule has 2 rings (SSSR count). The van der Waals surface area contributed by atoms with Crippen LogP contribution in [0.1, 0.15) is 292 Å². The molecule has 0 bridgehead atoms. The highest BCUT2D eigenvalue weighted by Gasteiger charge is 2.43. The summed E-state index contributed by atoms with van der Waals surface area (Å²) in [6, 6.07) is 0.767. The second kappa shape index (κ2) is 38.2. The topological polar surface area (TPSA) is 12.0 Å². The van der Waals surface area contributed by atoms with Crippen LogP contribution >= 0.6 is 0 Å². The van der Waals surface area contributed by atoms with Crippen molar-refractivity contribution in [2.75, 3.05) is 6.54 Å². The highest BCUT2D eigenvalue weighted by molar-refractivity contribution is 4.97. The SMILES string of the molecule is CCCCC/C=C\C/C=C\CCCCCCCCC1(CCCCCCCC/C=C\C/C=C\CCCCC)CCC(C)(C[C@H]2CC(NCCCC)C(CCCCC)CC2C)CC1. The van der Waals surface area contributed by atoms with E-state index in [9.17, 15) is 0 Å². The van der Waals surface area contributed by atoms with Gasteiger partial charge in [0.1, 0.15) is 0 Å². The highest BCUT2D eigenvalue weighted by atomic mass is 14.9. The van der Waals surface area contributed by atoms with E-state index in [1.807, 2.05) is 0 Å². The summed E-state index contributed by atoms with van der Waals surface area (Å²) in [4.78, 5) is 0. The summed E-state index contributed by atoms with van der Waals surface area (Å²) in [6.07, 6.45) is 73.6. The van der Waals surface area contributed by atoms with E-state index in [4.69, 9.17) is 0 Å². The molecule has 1 nitrogen and oxygen atoms in total. The predicted molar refractivity (Wildman–Crippen MR) is 278 cm³/mol. The minimum absolute atomic E-state index is 0.560. The summed E-state index contributed by atoms with van der Waals surface area (Å²) in [6.45, 7) is 15.9. The Morgan fingerprint density at radius 1 is 0.443 bits per heavy atom. The van der Waals surface area contributed by atoms with Crippen molar-refractivity contribution in [1.29, 1.82) is 0 Å². The molecule has 0 aromatic carbocycles. The van der Waals surface area contributed by atoms with Crippen LogP contribution in [0.2, 0.25) is 0 Å². The first-order valence-electron chi connectivity index (χ1n) is 28.2. The molecule has 0 spiro atoms. The van der Waals surface area contributed by atoms with Gasteiger partial charge in [0.15, 0.2) is 0 Å². The first-order valence-corrected chi connectivity index (χ1v) is 28.2. The molecule has 0 saturated heterocycles. The standard InChI is InChI=1S/C60H111N/c1-7-11-15-17-19-21-23-25-27-29-31-33-35-37-39-42-45-60(46-43-40-38-36-34-32-30-28-26-24-22-20-18-16-12-8-2)49-47-59(6,48-50-60)54-57-53-58(61-51-14-10-4)56(52-55(57)5)44-41-13-9-3/h19-22,25-28,55-58,61H,7-18,23-24,29-54H2,1-6H3/b21-19-,22-20-,27-25-,28-26-/t55?,56?,57-,58?/m1/s1. The first kappa shape index (κ1) is 56.1. The van der Waals surface area contributed by atoms with E-state index < -0.39 is 0 Å². The number of hydrogen-bond donors (Lipinski definition) is 1. The van der Waals surface area contributed by atoms with Crippen LogP contribution in [0.15, 0.2) is 48.6 Å². The van der Waals surface area contributed by atoms with Gasteiger partial charge in [-0.15, -0.1) is 0 Å². The number of allylic oxidation sites excluding steroid dienone is 8. The third-order valence-electron chi connectivity index (χ3n) is 15.8. The zero-order valence-corrected chi connectivity index (χ0v) is 42.7. The van der Waals surface area contributed by atoms with Gasteiger partial charge in [0.05, 0.1) is 0 Å². The molecule has 0 radical (unpaired) electrons. The van der Waals surface area contributed by atoms with Crippen LogP contribution in [-0.2, 0) is 0 Å². The Kier molecular flexibility index (Phi) is 35.1. The van der Waals surface area contributed by atoms with Crippen molar-refractivity contribution in [3.8, 4) is 0 Å². The molecule has 2 aliphatic carbocycles. The average Bonchev–Trinajstić information content (AvgIpc) is 3.26. The van der Waals surface area contributed by atoms with Crippen molar-refractivity contribution in [2.45, 2.75) is 298 Å². The van der Waals surface area contributed by atoms with Crippen LogP contribution in [0.4, 0.5) is 0 Å². The fourth-order valence-electron chi connectivity index (χ4n) is 11.4. The van der Waals surface area contributed by atoms with Crippen LogP contribution < -0.4 is 5.32 Å². The maximum absolute atomic E-state index is 4.13. The van der Waals surface area contributed by atoms with Gasteiger partial charge in [-0.2, -0.15) is 0 Å². The summed E-state index contributed by atoms with van der Waals surface area (Å²) in [7, 11) is 0. The van der Waals surface area contributed by atoms with Gasteiger partial charge < -0.3 is 5.32 Å². The lowest BCUT2D eigenvalue weighted by molar-refractivity contribution is 0.0276. The predicted octanol–water partition coefficient (Wildman–Crippen LogP) is 20.4.